The number of tetrazole rings is 1. The molecule has 4 aromatic rings. The van der Waals surface area contributed by atoms with Gasteiger partial charge in [0.2, 0.25) is 25.9 Å². The second-order valence-corrected chi connectivity index (χ2v) is 10.2. The largest absolute Gasteiger partial charge is 0.342 e. The molecule has 0 aliphatic rings. The zero-order valence-corrected chi connectivity index (χ0v) is 18.3. The van der Waals surface area contributed by atoms with E-state index in [2.05, 4.69) is 30.6 Å². The van der Waals surface area contributed by atoms with Gasteiger partial charge in [-0.15, -0.1) is 10.2 Å². The second-order valence-electron chi connectivity index (χ2n) is 7.21. The van der Waals surface area contributed by atoms with Crippen LogP contribution in [-0.2, 0) is 26.5 Å². The molecule has 1 atom stereocenters. The summed E-state index contributed by atoms with van der Waals surface area (Å²) in [5.74, 6) is 0.453. The number of nitrogens with two attached hydrogens (primary N) is 3. The van der Waals surface area contributed by atoms with Crippen molar-refractivity contribution in [1.29, 1.82) is 0 Å². The Kier molecular flexibility index (Phi) is 5.30. The lowest BCUT2D eigenvalue weighted by atomic mass is 9.98. The first kappa shape index (κ1) is 22.0. The predicted octanol–water partition coefficient (Wildman–Crippen LogP) is -0.405. The molecule has 2 aromatic carbocycles. The van der Waals surface area contributed by atoms with Crippen LogP contribution in [0.15, 0.2) is 40.1 Å². The zero-order chi connectivity index (χ0) is 23.3. The molecule has 8 N–H and O–H groups in total. The van der Waals surface area contributed by atoms with E-state index in [-0.39, 0.29) is 23.0 Å². The molecule has 0 aliphatic carbocycles. The van der Waals surface area contributed by atoms with Crippen LogP contribution in [0.4, 0.5) is 0 Å². The molecule has 2 aromatic heterocycles. The van der Waals surface area contributed by atoms with Crippen molar-refractivity contribution < 1.29 is 16.8 Å². The van der Waals surface area contributed by atoms with Crippen LogP contribution in [0.25, 0.3) is 33.5 Å². The van der Waals surface area contributed by atoms with E-state index in [0.29, 0.717) is 28.8 Å². The molecule has 2 heterocycles. The number of rotatable bonds is 6. The SMILES string of the molecule is CC(N)Cc1nc2c(-c3ccc(S(N)(=O)=O)c(S(N)(=O)=O)c3-c3nn[nH]n3)cccc2[nH]1. The van der Waals surface area contributed by atoms with Crippen LogP contribution in [0.2, 0.25) is 0 Å². The number of imidazole rings is 1. The molecule has 0 amide bonds. The molecular formula is C17H19N9O4S2. The van der Waals surface area contributed by atoms with Crippen molar-refractivity contribution in [3.63, 3.8) is 0 Å². The second kappa shape index (κ2) is 7.72. The van der Waals surface area contributed by atoms with E-state index in [0.717, 1.165) is 6.07 Å². The third kappa shape index (κ3) is 3.98. The average molecular weight is 478 g/mol. The maximum absolute atomic E-state index is 12.5. The molecule has 0 bridgehead atoms. The Morgan fingerprint density at radius 2 is 1.78 bits per heavy atom. The zero-order valence-electron chi connectivity index (χ0n) is 16.6. The predicted molar refractivity (Wildman–Crippen MR) is 115 cm³/mol. The van der Waals surface area contributed by atoms with Crippen molar-refractivity contribution in [2.24, 2.45) is 16.0 Å². The minimum absolute atomic E-state index is 0.142. The number of aromatic nitrogens is 6. The molecule has 0 saturated carbocycles. The summed E-state index contributed by atoms with van der Waals surface area (Å²) in [6.45, 7) is 1.84. The number of nitrogens with zero attached hydrogens (tertiary/aromatic N) is 4. The first-order chi connectivity index (χ1) is 15.0. The Morgan fingerprint density at radius 1 is 1.03 bits per heavy atom. The van der Waals surface area contributed by atoms with Gasteiger partial charge in [-0.3, -0.25) is 0 Å². The van der Waals surface area contributed by atoms with E-state index in [1.807, 2.05) is 6.92 Å². The number of H-pyrrole nitrogens is 2. The number of primary sulfonamides is 2. The van der Waals surface area contributed by atoms with Crippen molar-refractivity contribution in [3.8, 4) is 22.5 Å². The van der Waals surface area contributed by atoms with Gasteiger partial charge in [-0.25, -0.2) is 32.1 Å². The van der Waals surface area contributed by atoms with Crippen LogP contribution in [0, 0.1) is 0 Å². The number of hydrogen-bond donors (Lipinski definition) is 5. The summed E-state index contributed by atoms with van der Waals surface area (Å²) in [5, 5.41) is 24.1. The molecule has 168 valence electrons. The van der Waals surface area contributed by atoms with Crippen LogP contribution in [0.5, 0.6) is 0 Å². The Bertz CT molecular complexity index is 1530. The highest BCUT2D eigenvalue weighted by Gasteiger charge is 2.31. The molecule has 0 fully saturated rings. The van der Waals surface area contributed by atoms with E-state index >= 15 is 0 Å². The van der Waals surface area contributed by atoms with Gasteiger partial charge in [-0.1, -0.05) is 18.2 Å². The average Bonchev–Trinajstić information content (AvgIpc) is 3.34. The number of para-hydroxylation sites is 1. The fraction of sp³-hybridized carbons (Fsp3) is 0.176. The van der Waals surface area contributed by atoms with E-state index in [9.17, 15) is 16.8 Å². The molecule has 0 aliphatic heterocycles. The van der Waals surface area contributed by atoms with Crippen LogP contribution in [0.1, 0.15) is 12.7 Å². The Hall–Kier alpha value is -3.24. The number of hydrogen-bond acceptors (Lipinski definition) is 9. The van der Waals surface area contributed by atoms with Crippen molar-refractivity contribution >= 4 is 31.1 Å². The van der Waals surface area contributed by atoms with Gasteiger partial charge in [-0.2, -0.15) is 5.21 Å². The lowest BCUT2D eigenvalue weighted by Gasteiger charge is -2.15. The van der Waals surface area contributed by atoms with Crippen molar-refractivity contribution in [2.75, 3.05) is 0 Å². The van der Waals surface area contributed by atoms with Gasteiger partial charge in [0.25, 0.3) is 0 Å². The minimum atomic E-state index is -4.59. The maximum atomic E-state index is 12.5. The number of fused-ring (bicyclic) bond motifs is 1. The number of aromatic amines is 2. The van der Waals surface area contributed by atoms with E-state index in [1.54, 1.807) is 18.2 Å². The standard InChI is InChI=1S/C17H19N9O4S2/c1-8(18)7-13-21-11-4-2-3-10(15(11)22-13)9-5-6-12(31(19,27)28)16(32(20,29)30)14(9)17-23-25-26-24-17/h2-6,8H,7,18H2,1H3,(H,21,22)(H2,19,27,28)(H2,20,29,30)(H,23,24,25,26). The first-order valence-corrected chi connectivity index (χ1v) is 12.3. The van der Waals surface area contributed by atoms with Gasteiger partial charge in [0.1, 0.15) is 15.6 Å². The van der Waals surface area contributed by atoms with Crippen molar-refractivity contribution in [3.05, 3.63) is 36.2 Å². The molecule has 13 nitrogen and oxygen atoms in total. The lowest BCUT2D eigenvalue weighted by Crippen LogP contribution is -2.22. The van der Waals surface area contributed by atoms with Crippen LogP contribution in [-0.4, -0.2) is 53.5 Å². The number of benzene rings is 2. The summed E-state index contributed by atoms with van der Waals surface area (Å²) < 4.78 is 49.4. The van der Waals surface area contributed by atoms with Crippen LogP contribution >= 0.6 is 0 Å². The topological polar surface area (TPSA) is 229 Å². The van der Waals surface area contributed by atoms with E-state index < -0.39 is 29.8 Å². The highest BCUT2D eigenvalue weighted by molar-refractivity contribution is 7.92. The lowest BCUT2D eigenvalue weighted by molar-refractivity contribution is 0.584. The molecule has 0 spiro atoms. The summed E-state index contributed by atoms with van der Waals surface area (Å²) in [6, 6.07) is 7.55. The van der Waals surface area contributed by atoms with Gasteiger partial charge in [-0.05, 0) is 29.8 Å². The fourth-order valence-corrected chi connectivity index (χ4v) is 5.64. The monoisotopic (exact) mass is 477 g/mol. The third-order valence-electron chi connectivity index (χ3n) is 4.65. The van der Waals surface area contributed by atoms with Gasteiger partial charge >= 0.3 is 0 Å². The number of sulfonamides is 2. The van der Waals surface area contributed by atoms with Crippen molar-refractivity contribution in [1.82, 2.24) is 30.6 Å². The summed E-state index contributed by atoms with van der Waals surface area (Å²) in [4.78, 5) is 6.34. The first-order valence-electron chi connectivity index (χ1n) is 9.17. The molecular weight excluding hydrogens is 458 g/mol. The maximum Gasteiger partial charge on any atom is 0.240 e. The fourth-order valence-electron chi connectivity index (χ4n) is 3.49. The van der Waals surface area contributed by atoms with Gasteiger partial charge in [0.05, 0.1) is 16.6 Å². The Labute approximate surface area is 182 Å². The summed E-state index contributed by atoms with van der Waals surface area (Å²) in [5.41, 5.74) is 7.64. The van der Waals surface area contributed by atoms with E-state index in [4.69, 9.17) is 16.0 Å². The van der Waals surface area contributed by atoms with Crippen LogP contribution in [0.3, 0.4) is 0 Å². The Balaban J connectivity index is 2.12. The summed E-state index contributed by atoms with van der Waals surface area (Å²) in [7, 11) is -9.06. The van der Waals surface area contributed by atoms with E-state index in [1.165, 1.54) is 6.07 Å². The number of nitrogens with one attached hydrogen (secondary N) is 2. The summed E-state index contributed by atoms with van der Waals surface area (Å²) >= 11 is 0. The van der Waals surface area contributed by atoms with Crippen LogP contribution < -0.4 is 16.0 Å². The smallest absolute Gasteiger partial charge is 0.240 e. The highest BCUT2D eigenvalue weighted by Crippen LogP contribution is 2.40. The van der Waals surface area contributed by atoms with Gasteiger partial charge in [0.15, 0.2) is 0 Å². The molecule has 0 radical (unpaired) electrons. The van der Waals surface area contributed by atoms with Crippen molar-refractivity contribution in [2.45, 2.75) is 29.2 Å². The normalized spacial score (nSPS) is 13.5. The highest BCUT2D eigenvalue weighted by atomic mass is 32.2. The molecule has 4 rings (SSSR count). The van der Waals surface area contributed by atoms with Gasteiger partial charge < -0.3 is 10.7 Å². The quantitative estimate of drug-likeness (QED) is 0.243. The molecule has 32 heavy (non-hydrogen) atoms. The summed E-state index contributed by atoms with van der Waals surface area (Å²) in [6.07, 6.45) is 0.485. The molecule has 15 heteroatoms. The third-order valence-corrected chi connectivity index (χ3v) is 6.72. The minimum Gasteiger partial charge on any atom is -0.342 e. The Morgan fingerprint density at radius 3 is 2.38 bits per heavy atom. The van der Waals surface area contributed by atoms with Gasteiger partial charge in [0, 0.05) is 18.0 Å². The molecule has 0 saturated heterocycles. The molecule has 1 unspecified atom stereocenters.